The molecule has 3 rings (SSSR count). The number of carbonyl (C=O) groups is 1. The summed E-state index contributed by atoms with van der Waals surface area (Å²) in [7, 11) is 0. The normalized spacial score (nSPS) is 17.0. The smallest absolute Gasteiger partial charge is 0.326 e. The van der Waals surface area contributed by atoms with Crippen LogP contribution in [0.25, 0.3) is 0 Å². The average molecular weight is 369 g/mol. The van der Waals surface area contributed by atoms with E-state index in [1.807, 2.05) is 0 Å². The van der Waals surface area contributed by atoms with Gasteiger partial charge in [0.25, 0.3) is 5.56 Å². The number of alkyl halides is 3. The second-order valence-corrected chi connectivity index (χ2v) is 6.70. The van der Waals surface area contributed by atoms with E-state index >= 15 is 0 Å². The number of rotatable bonds is 2. The molecule has 1 aromatic carbocycles. The van der Waals surface area contributed by atoms with Crippen molar-refractivity contribution in [1.82, 2.24) is 9.55 Å². The molecule has 2 heterocycles. The van der Waals surface area contributed by atoms with Gasteiger partial charge in [-0.05, 0) is 25.1 Å². The van der Waals surface area contributed by atoms with Crippen LogP contribution in [0.15, 0.2) is 40.4 Å². The van der Waals surface area contributed by atoms with Crippen molar-refractivity contribution >= 4 is 23.4 Å². The van der Waals surface area contributed by atoms with E-state index in [1.54, 1.807) is 6.92 Å². The van der Waals surface area contributed by atoms with Crippen molar-refractivity contribution < 1.29 is 18.0 Å². The van der Waals surface area contributed by atoms with Gasteiger partial charge in [-0.25, -0.2) is 4.98 Å². The summed E-state index contributed by atoms with van der Waals surface area (Å²) in [6.45, 7) is 1.79. The molecule has 9 heteroatoms. The van der Waals surface area contributed by atoms with Crippen molar-refractivity contribution in [2.75, 3.05) is 11.1 Å². The Labute approximate surface area is 145 Å². The molecule has 132 valence electrons. The number of nitrogens with one attached hydrogen (secondary N) is 1. The molecular formula is C16H14F3N3O2S. The molecule has 1 atom stereocenters. The van der Waals surface area contributed by atoms with E-state index in [1.165, 1.54) is 34.7 Å². The van der Waals surface area contributed by atoms with Crippen molar-refractivity contribution in [2.45, 2.75) is 24.8 Å². The summed E-state index contributed by atoms with van der Waals surface area (Å²) in [5, 5.41) is 3.04. The first kappa shape index (κ1) is 17.5. The number of aromatic nitrogens is 2. The lowest BCUT2D eigenvalue weighted by Gasteiger charge is -2.24. The lowest BCUT2D eigenvalue weighted by atomic mass is 10.1. The standard InChI is InChI=1S/C16H14F3N3O2S/c1-9-6-20-15-22(14(9)24)7-10(8-25-15)13(23)21-12-4-2-3-11(5-12)16(17,18)19/h2-6,10H,7-8H2,1H3,(H,21,23). The molecule has 25 heavy (non-hydrogen) atoms. The van der Waals surface area contributed by atoms with Gasteiger partial charge >= 0.3 is 6.18 Å². The van der Waals surface area contributed by atoms with Crippen LogP contribution in [0, 0.1) is 12.8 Å². The Morgan fingerprint density at radius 3 is 2.88 bits per heavy atom. The minimum atomic E-state index is -4.48. The predicted octanol–water partition coefficient (Wildman–Crippen LogP) is 2.93. The number of thioether (sulfide) groups is 1. The zero-order valence-electron chi connectivity index (χ0n) is 13.1. The Kier molecular flexibility index (Phi) is 4.59. The van der Waals surface area contributed by atoms with E-state index in [9.17, 15) is 22.8 Å². The Morgan fingerprint density at radius 2 is 2.16 bits per heavy atom. The molecule has 2 aromatic rings. The van der Waals surface area contributed by atoms with Crippen LogP contribution >= 0.6 is 11.8 Å². The van der Waals surface area contributed by atoms with Gasteiger partial charge in [0.15, 0.2) is 5.16 Å². The lowest BCUT2D eigenvalue weighted by molar-refractivity contribution is -0.137. The number of benzene rings is 1. The van der Waals surface area contributed by atoms with E-state index in [0.29, 0.717) is 16.5 Å². The van der Waals surface area contributed by atoms with Crippen molar-refractivity contribution in [3.05, 3.63) is 51.9 Å². The summed E-state index contributed by atoms with van der Waals surface area (Å²) in [4.78, 5) is 28.7. The Morgan fingerprint density at radius 1 is 1.40 bits per heavy atom. The summed E-state index contributed by atoms with van der Waals surface area (Å²) in [5.41, 5.74) is -0.493. The van der Waals surface area contributed by atoms with Crippen LogP contribution < -0.4 is 10.9 Å². The minimum absolute atomic E-state index is 0.0744. The van der Waals surface area contributed by atoms with Crippen LogP contribution in [-0.4, -0.2) is 21.2 Å². The fourth-order valence-corrected chi connectivity index (χ4v) is 3.52. The molecule has 0 fully saturated rings. The summed E-state index contributed by atoms with van der Waals surface area (Å²) in [6, 6.07) is 4.46. The molecule has 1 amide bonds. The van der Waals surface area contributed by atoms with E-state index in [4.69, 9.17) is 0 Å². The van der Waals surface area contributed by atoms with Gasteiger partial charge in [-0.2, -0.15) is 13.2 Å². The van der Waals surface area contributed by atoms with Crippen LogP contribution in [0.5, 0.6) is 0 Å². The van der Waals surface area contributed by atoms with Crippen LogP contribution in [0.4, 0.5) is 18.9 Å². The van der Waals surface area contributed by atoms with Crippen LogP contribution in [0.3, 0.4) is 0 Å². The molecule has 1 aromatic heterocycles. The highest BCUT2D eigenvalue weighted by atomic mass is 32.2. The molecule has 1 aliphatic heterocycles. The second-order valence-electron chi connectivity index (χ2n) is 5.72. The Bertz CT molecular complexity index is 880. The zero-order chi connectivity index (χ0) is 18.2. The van der Waals surface area contributed by atoms with Crippen LogP contribution in [-0.2, 0) is 17.5 Å². The maximum Gasteiger partial charge on any atom is 0.416 e. The van der Waals surface area contributed by atoms with Crippen molar-refractivity contribution in [3.8, 4) is 0 Å². The van der Waals surface area contributed by atoms with Gasteiger partial charge in [0.05, 0.1) is 11.5 Å². The highest BCUT2D eigenvalue weighted by Crippen LogP contribution is 2.31. The maximum atomic E-state index is 12.7. The van der Waals surface area contributed by atoms with E-state index in [-0.39, 0.29) is 17.8 Å². The fraction of sp³-hybridized carbons (Fsp3) is 0.312. The third kappa shape index (κ3) is 3.71. The number of halogens is 3. The topological polar surface area (TPSA) is 64.0 Å². The summed E-state index contributed by atoms with van der Waals surface area (Å²) < 4.78 is 39.7. The number of carbonyl (C=O) groups excluding carboxylic acids is 1. The number of nitrogens with zero attached hydrogens (tertiary/aromatic N) is 2. The third-order valence-corrected chi connectivity index (χ3v) is 4.98. The molecule has 0 aliphatic carbocycles. The number of amides is 1. The van der Waals surface area contributed by atoms with Crippen molar-refractivity contribution in [3.63, 3.8) is 0 Å². The Balaban J connectivity index is 1.77. The first-order valence-corrected chi connectivity index (χ1v) is 8.41. The number of aryl methyl sites for hydroxylation is 1. The molecule has 0 spiro atoms. The molecule has 0 bridgehead atoms. The largest absolute Gasteiger partial charge is 0.416 e. The Hall–Kier alpha value is -2.29. The van der Waals surface area contributed by atoms with Gasteiger partial charge in [-0.15, -0.1) is 0 Å². The first-order valence-electron chi connectivity index (χ1n) is 7.43. The number of hydrogen-bond acceptors (Lipinski definition) is 4. The average Bonchev–Trinajstić information content (AvgIpc) is 2.57. The zero-order valence-corrected chi connectivity index (χ0v) is 13.9. The predicted molar refractivity (Wildman–Crippen MR) is 87.5 cm³/mol. The molecule has 1 unspecified atom stereocenters. The molecule has 1 aliphatic rings. The van der Waals surface area contributed by atoms with Gasteiger partial charge in [0.1, 0.15) is 0 Å². The molecular weight excluding hydrogens is 355 g/mol. The minimum Gasteiger partial charge on any atom is -0.326 e. The molecule has 0 saturated heterocycles. The third-order valence-electron chi connectivity index (χ3n) is 3.83. The first-order chi connectivity index (χ1) is 11.8. The van der Waals surface area contributed by atoms with Crippen LogP contribution in [0.1, 0.15) is 11.1 Å². The van der Waals surface area contributed by atoms with Crippen molar-refractivity contribution in [1.29, 1.82) is 0 Å². The van der Waals surface area contributed by atoms with E-state index in [2.05, 4.69) is 10.3 Å². The number of anilines is 1. The van der Waals surface area contributed by atoms with Gasteiger partial charge in [0.2, 0.25) is 5.91 Å². The summed E-state index contributed by atoms with van der Waals surface area (Å²) in [6.07, 6.45) is -2.99. The van der Waals surface area contributed by atoms with E-state index in [0.717, 1.165) is 12.1 Å². The summed E-state index contributed by atoms with van der Waals surface area (Å²) >= 11 is 1.28. The SMILES string of the molecule is Cc1cnc2n(c1=O)CC(C(=O)Nc1cccc(C(F)(F)F)c1)CS2. The second kappa shape index (κ2) is 6.55. The number of hydrogen-bond donors (Lipinski definition) is 1. The summed E-state index contributed by atoms with van der Waals surface area (Å²) in [5.74, 6) is -0.556. The van der Waals surface area contributed by atoms with Gasteiger partial charge in [-0.1, -0.05) is 17.8 Å². The van der Waals surface area contributed by atoms with Crippen LogP contribution in [0.2, 0.25) is 0 Å². The number of fused-ring (bicyclic) bond motifs is 1. The maximum absolute atomic E-state index is 12.7. The molecule has 0 radical (unpaired) electrons. The highest BCUT2D eigenvalue weighted by Gasteiger charge is 2.31. The van der Waals surface area contributed by atoms with Gasteiger partial charge < -0.3 is 5.32 Å². The molecule has 0 saturated carbocycles. The lowest BCUT2D eigenvalue weighted by Crippen LogP contribution is -2.37. The quantitative estimate of drug-likeness (QED) is 0.827. The molecule has 5 nitrogen and oxygen atoms in total. The van der Waals surface area contributed by atoms with Crippen molar-refractivity contribution in [2.24, 2.45) is 5.92 Å². The fourth-order valence-electron chi connectivity index (χ4n) is 2.48. The van der Waals surface area contributed by atoms with Gasteiger partial charge in [0, 0.05) is 29.7 Å². The van der Waals surface area contributed by atoms with E-state index < -0.39 is 23.6 Å². The van der Waals surface area contributed by atoms with Gasteiger partial charge in [-0.3, -0.25) is 14.2 Å². The monoisotopic (exact) mass is 369 g/mol. The molecule has 1 N–H and O–H groups in total. The highest BCUT2D eigenvalue weighted by molar-refractivity contribution is 7.99.